The van der Waals surface area contributed by atoms with E-state index < -0.39 is 6.04 Å². The number of para-hydroxylation sites is 1. The number of nitrogens with zero attached hydrogens (tertiary/aromatic N) is 3. The predicted molar refractivity (Wildman–Crippen MR) is 66.0 cm³/mol. The number of hydrogen-bond acceptors (Lipinski definition) is 6. The minimum absolute atomic E-state index is 0.336. The van der Waals surface area contributed by atoms with Crippen LogP contribution in [0.15, 0.2) is 35.4 Å². The zero-order chi connectivity index (χ0) is 12.3. The van der Waals surface area contributed by atoms with Crippen molar-refractivity contribution >= 4 is 23.4 Å². The second kappa shape index (κ2) is 4.93. The van der Waals surface area contributed by atoms with Gasteiger partial charge in [-0.15, -0.1) is 0 Å². The van der Waals surface area contributed by atoms with E-state index in [9.17, 15) is 4.79 Å². The van der Waals surface area contributed by atoms with E-state index in [1.54, 1.807) is 12.1 Å². The fourth-order valence-electron chi connectivity index (χ4n) is 1.56. The van der Waals surface area contributed by atoms with Crippen molar-refractivity contribution in [3.8, 4) is 6.07 Å². The van der Waals surface area contributed by atoms with Gasteiger partial charge in [0, 0.05) is 5.75 Å². The quantitative estimate of drug-likeness (QED) is 0.475. The first-order chi connectivity index (χ1) is 8.27. The van der Waals surface area contributed by atoms with Crippen molar-refractivity contribution in [1.29, 1.82) is 5.26 Å². The maximum atomic E-state index is 10.8. The molecule has 2 rings (SSSR count). The summed E-state index contributed by atoms with van der Waals surface area (Å²) in [6.45, 7) is 0. The highest BCUT2D eigenvalue weighted by molar-refractivity contribution is 8.03. The molecule has 6 heteroatoms. The van der Waals surface area contributed by atoms with Crippen molar-refractivity contribution in [1.82, 2.24) is 5.01 Å². The summed E-state index contributed by atoms with van der Waals surface area (Å²) in [6, 6.07) is 10.8. The van der Waals surface area contributed by atoms with Crippen molar-refractivity contribution in [2.75, 3.05) is 10.9 Å². The molecule has 1 aromatic carbocycles. The van der Waals surface area contributed by atoms with Crippen LogP contribution >= 0.6 is 11.8 Å². The lowest BCUT2D eigenvalue weighted by Gasteiger charge is -2.31. The molecule has 86 valence electrons. The van der Waals surface area contributed by atoms with Gasteiger partial charge in [-0.1, -0.05) is 30.0 Å². The number of hydrogen-bond donors (Lipinski definition) is 1. The number of benzene rings is 1. The van der Waals surface area contributed by atoms with Gasteiger partial charge in [0.25, 0.3) is 0 Å². The van der Waals surface area contributed by atoms with E-state index in [0.717, 1.165) is 0 Å². The molecule has 1 aliphatic heterocycles. The third-order valence-corrected chi connectivity index (χ3v) is 3.40. The Morgan fingerprint density at radius 2 is 2.18 bits per heavy atom. The van der Waals surface area contributed by atoms with Gasteiger partial charge < -0.3 is 0 Å². The molecule has 0 bridgehead atoms. The minimum atomic E-state index is -0.443. The fourth-order valence-corrected chi connectivity index (χ4v) is 2.50. The minimum Gasteiger partial charge on any atom is -0.236 e. The highest BCUT2D eigenvalue weighted by Crippen LogP contribution is 2.32. The SMILES string of the molecule is N#CC1CSC(=C=O)N1N(N)c1ccccc1. The Balaban J connectivity index is 2.32. The van der Waals surface area contributed by atoms with Crippen LogP contribution in [-0.2, 0) is 4.79 Å². The van der Waals surface area contributed by atoms with Crippen molar-refractivity contribution in [3.63, 3.8) is 0 Å². The lowest BCUT2D eigenvalue weighted by atomic mass is 10.3. The maximum absolute atomic E-state index is 10.8. The molecular formula is C11H10N4OS. The molecule has 1 aromatic rings. The summed E-state index contributed by atoms with van der Waals surface area (Å²) >= 11 is 1.28. The van der Waals surface area contributed by atoms with E-state index in [0.29, 0.717) is 16.5 Å². The van der Waals surface area contributed by atoms with Crippen LogP contribution in [-0.4, -0.2) is 22.7 Å². The zero-order valence-electron chi connectivity index (χ0n) is 8.91. The third kappa shape index (κ3) is 2.12. The standard InChI is InChI=1S/C11H10N4OS/c12-6-10-8-17-11(7-16)14(10)15(13)9-4-2-1-3-5-9/h1-5,10H,8,13H2. The van der Waals surface area contributed by atoms with Crippen LogP contribution < -0.4 is 11.0 Å². The number of thioether (sulfide) groups is 1. The topological polar surface area (TPSA) is 73.4 Å². The molecule has 0 aliphatic carbocycles. The Hall–Kier alpha value is -1.93. The molecule has 0 saturated carbocycles. The number of nitrogens with two attached hydrogens (primary N) is 1. The molecule has 0 aromatic heterocycles. The van der Waals surface area contributed by atoms with Gasteiger partial charge in [0.2, 0.25) is 0 Å². The molecule has 5 nitrogen and oxygen atoms in total. The molecule has 0 amide bonds. The highest BCUT2D eigenvalue weighted by Gasteiger charge is 2.33. The van der Waals surface area contributed by atoms with Crippen LogP contribution in [0.2, 0.25) is 0 Å². The summed E-state index contributed by atoms with van der Waals surface area (Å²) in [5.41, 5.74) is 0.711. The zero-order valence-corrected chi connectivity index (χ0v) is 9.72. The largest absolute Gasteiger partial charge is 0.236 e. The lowest BCUT2D eigenvalue weighted by molar-refractivity contribution is 0.323. The van der Waals surface area contributed by atoms with Crippen LogP contribution in [0.1, 0.15) is 0 Å². The van der Waals surface area contributed by atoms with Gasteiger partial charge in [-0.25, -0.2) is 20.8 Å². The van der Waals surface area contributed by atoms with E-state index in [1.807, 2.05) is 24.1 Å². The maximum Gasteiger partial charge on any atom is 0.178 e. The molecule has 1 atom stereocenters. The highest BCUT2D eigenvalue weighted by atomic mass is 32.2. The van der Waals surface area contributed by atoms with Crippen LogP contribution in [0.25, 0.3) is 0 Å². The Bertz CT molecular complexity index is 492. The van der Waals surface area contributed by atoms with E-state index in [2.05, 4.69) is 6.07 Å². The van der Waals surface area contributed by atoms with E-state index in [-0.39, 0.29) is 0 Å². The second-order valence-electron chi connectivity index (χ2n) is 3.39. The molecule has 2 N–H and O–H groups in total. The third-order valence-electron chi connectivity index (χ3n) is 2.37. The molecule has 1 heterocycles. The van der Waals surface area contributed by atoms with Crippen LogP contribution in [0, 0.1) is 11.3 Å². The van der Waals surface area contributed by atoms with E-state index in [1.165, 1.54) is 21.9 Å². The molecule has 0 spiro atoms. The molecule has 17 heavy (non-hydrogen) atoms. The molecule has 1 saturated heterocycles. The number of nitriles is 1. The van der Waals surface area contributed by atoms with Crippen molar-refractivity contribution < 1.29 is 4.79 Å². The summed E-state index contributed by atoms with van der Waals surface area (Å²) in [7, 11) is 0. The summed E-state index contributed by atoms with van der Waals surface area (Å²) in [6.07, 6.45) is 0. The van der Waals surface area contributed by atoms with Gasteiger partial charge >= 0.3 is 0 Å². The van der Waals surface area contributed by atoms with Gasteiger partial charge in [0.1, 0.15) is 6.04 Å². The Morgan fingerprint density at radius 3 is 2.76 bits per heavy atom. The Morgan fingerprint density at radius 1 is 1.47 bits per heavy atom. The van der Waals surface area contributed by atoms with Gasteiger partial charge in [0.05, 0.1) is 11.8 Å². The van der Waals surface area contributed by atoms with Crippen molar-refractivity contribution in [3.05, 3.63) is 35.4 Å². The van der Waals surface area contributed by atoms with Crippen LogP contribution in [0.5, 0.6) is 0 Å². The Labute approximate surface area is 103 Å². The number of carbonyl (C=O) groups excluding carboxylic acids is 1. The van der Waals surface area contributed by atoms with Crippen LogP contribution in [0.4, 0.5) is 5.69 Å². The normalized spacial score (nSPS) is 18.7. The lowest BCUT2D eigenvalue weighted by Crippen LogP contribution is -2.49. The summed E-state index contributed by atoms with van der Waals surface area (Å²) < 4.78 is 0. The van der Waals surface area contributed by atoms with E-state index >= 15 is 0 Å². The van der Waals surface area contributed by atoms with Crippen molar-refractivity contribution in [2.24, 2.45) is 5.84 Å². The number of hydrazine groups is 2. The monoisotopic (exact) mass is 246 g/mol. The fraction of sp³-hybridized carbons (Fsp3) is 0.182. The molecular weight excluding hydrogens is 236 g/mol. The summed E-state index contributed by atoms with van der Waals surface area (Å²) in [4.78, 5) is 10.8. The van der Waals surface area contributed by atoms with Crippen LogP contribution in [0.3, 0.4) is 0 Å². The number of rotatable bonds is 2. The summed E-state index contributed by atoms with van der Waals surface area (Å²) in [5.74, 6) is 8.25. The molecule has 1 aliphatic rings. The first kappa shape index (κ1) is 11.6. The summed E-state index contributed by atoms with van der Waals surface area (Å²) in [5, 5.41) is 12.1. The smallest absolute Gasteiger partial charge is 0.178 e. The molecule has 1 fully saturated rings. The van der Waals surface area contributed by atoms with Gasteiger partial charge in [-0.3, -0.25) is 0 Å². The second-order valence-corrected chi connectivity index (χ2v) is 4.40. The first-order valence-electron chi connectivity index (χ1n) is 4.94. The average Bonchev–Trinajstić information content (AvgIpc) is 2.81. The van der Waals surface area contributed by atoms with Gasteiger partial charge in [-0.2, -0.15) is 5.26 Å². The predicted octanol–water partition coefficient (Wildman–Crippen LogP) is 0.896. The Kier molecular flexibility index (Phi) is 3.35. The number of anilines is 1. The average molecular weight is 246 g/mol. The van der Waals surface area contributed by atoms with Gasteiger partial charge in [-0.05, 0) is 12.1 Å². The van der Waals surface area contributed by atoms with Gasteiger partial charge in [0.15, 0.2) is 11.0 Å². The first-order valence-corrected chi connectivity index (χ1v) is 5.93. The van der Waals surface area contributed by atoms with Crippen molar-refractivity contribution in [2.45, 2.75) is 6.04 Å². The van der Waals surface area contributed by atoms with E-state index in [4.69, 9.17) is 11.1 Å². The molecule has 1 unspecified atom stereocenters. The molecule has 0 radical (unpaired) electrons.